The van der Waals surface area contributed by atoms with Gasteiger partial charge in [0.1, 0.15) is 12.3 Å². The summed E-state index contributed by atoms with van der Waals surface area (Å²) in [5.41, 5.74) is 0.161. The molecule has 8 heteroatoms. The maximum absolute atomic E-state index is 12.9. The SMILES string of the molecule is CCOC(=O)CNC(=O)c1nn(-c2ccc(OC)cc2)c(=O)c2ccccc12. The molecule has 0 radical (unpaired) electrons. The molecule has 2 aromatic carbocycles. The van der Waals surface area contributed by atoms with Gasteiger partial charge in [0.15, 0.2) is 5.69 Å². The number of nitrogens with zero attached hydrogens (tertiary/aromatic N) is 2. The predicted octanol–water partition coefficient (Wildman–Crippen LogP) is 1.69. The molecule has 144 valence electrons. The average molecular weight is 381 g/mol. The highest BCUT2D eigenvalue weighted by atomic mass is 16.5. The van der Waals surface area contributed by atoms with Crippen LogP contribution in [0.3, 0.4) is 0 Å². The second kappa shape index (κ2) is 8.34. The Hall–Kier alpha value is -3.68. The van der Waals surface area contributed by atoms with Crippen molar-refractivity contribution in [2.75, 3.05) is 20.3 Å². The average Bonchev–Trinajstić information content (AvgIpc) is 2.73. The topological polar surface area (TPSA) is 99.5 Å². The summed E-state index contributed by atoms with van der Waals surface area (Å²) < 4.78 is 11.1. The Morgan fingerprint density at radius 2 is 1.75 bits per heavy atom. The van der Waals surface area contributed by atoms with Gasteiger partial charge in [-0.15, -0.1) is 0 Å². The molecular weight excluding hydrogens is 362 g/mol. The van der Waals surface area contributed by atoms with E-state index < -0.39 is 11.9 Å². The van der Waals surface area contributed by atoms with Crippen LogP contribution >= 0.6 is 0 Å². The number of aromatic nitrogens is 2. The van der Waals surface area contributed by atoms with Crippen molar-refractivity contribution in [2.24, 2.45) is 0 Å². The van der Waals surface area contributed by atoms with E-state index in [1.54, 1.807) is 62.6 Å². The van der Waals surface area contributed by atoms with Crippen molar-refractivity contribution in [1.29, 1.82) is 0 Å². The zero-order chi connectivity index (χ0) is 20.1. The molecule has 8 nitrogen and oxygen atoms in total. The number of carbonyl (C=O) groups is 2. The molecule has 1 aromatic heterocycles. The Morgan fingerprint density at radius 3 is 2.39 bits per heavy atom. The van der Waals surface area contributed by atoms with Crippen molar-refractivity contribution >= 4 is 22.6 Å². The van der Waals surface area contributed by atoms with Crippen LogP contribution in [0.4, 0.5) is 0 Å². The molecule has 0 bridgehead atoms. The van der Waals surface area contributed by atoms with Crippen molar-refractivity contribution in [3.63, 3.8) is 0 Å². The number of esters is 1. The number of hydrogen-bond donors (Lipinski definition) is 1. The molecule has 0 aliphatic heterocycles. The first kappa shape index (κ1) is 19.1. The lowest BCUT2D eigenvalue weighted by atomic mass is 10.1. The molecule has 0 aliphatic carbocycles. The first-order chi connectivity index (χ1) is 13.5. The summed E-state index contributed by atoms with van der Waals surface area (Å²) in [6.45, 7) is 1.61. The monoisotopic (exact) mass is 381 g/mol. The summed E-state index contributed by atoms with van der Waals surface area (Å²) in [5.74, 6) is -0.500. The first-order valence-corrected chi connectivity index (χ1v) is 8.65. The molecular formula is C20H19N3O5. The van der Waals surface area contributed by atoms with Crippen LogP contribution in [0.2, 0.25) is 0 Å². The Kier molecular flexibility index (Phi) is 5.69. The molecule has 0 saturated carbocycles. The van der Waals surface area contributed by atoms with Crippen LogP contribution in [0, 0.1) is 0 Å². The zero-order valence-corrected chi connectivity index (χ0v) is 15.5. The minimum absolute atomic E-state index is 0.0373. The standard InChI is InChI=1S/C20H19N3O5/c1-3-28-17(24)12-21-19(25)18-15-6-4-5-7-16(15)20(26)23(22-18)13-8-10-14(27-2)11-9-13/h4-11H,3,12H2,1-2H3,(H,21,25). The third-order valence-electron chi connectivity index (χ3n) is 4.04. The molecule has 0 spiro atoms. The normalized spacial score (nSPS) is 10.5. The third-order valence-corrected chi connectivity index (χ3v) is 4.04. The minimum Gasteiger partial charge on any atom is -0.497 e. The van der Waals surface area contributed by atoms with Crippen molar-refractivity contribution in [2.45, 2.75) is 6.92 Å². The molecule has 0 atom stereocenters. The van der Waals surface area contributed by atoms with Gasteiger partial charge >= 0.3 is 5.97 Å². The Morgan fingerprint density at radius 1 is 1.07 bits per heavy atom. The van der Waals surface area contributed by atoms with Crippen LogP contribution < -0.4 is 15.6 Å². The minimum atomic E-state index is -0.577. The van der Waals surface area contributed by atoms with Gasteiger partial charge in [0.05, 0.1) is 24.8 Å². The van der Waals surface area contributed by atoms with Gasteiger partial charge in [-0.25, -0.2) is 0 Å². The number of benzene rings is 2. The van der Waals surface area contributed by atoms with Gasteiger partial charge in [0, 0.05) is 5.39 Å². The van der Waals surface area contributed by atoms with E-state index in [2.05, 4.69) is 10.4 Å². The smallest absolute Gasteiger partial charge is 0.325 e. The number of hydrogen-bond acceptors (Lipinski definition) is 6. The van der Waals surface area contributed by atoms with Gasteiger partial charge in [0.2, 0.25) is 0 Å². The maximum atomic E-state index is 12.9. The van der Waals surface area contributed by atoms with Crippen LogP contribution in [0.15, 0.2) is 53.3 Å². The van der Waals surface area contributed by atoms with Crippen LogP contribution in [-0.4, -0.2) is 41.9 Å². The second-order valence-corrected chi connectivity index (χ2v) is 5.80. The molecule has 28 heavy (non-hydrogen) atoms. The Balaban J connectivity index is 2.06. The summed E-state index contributed by atoms with van der Waals surface area (Å²) in [6.07, 6.45) is 0. The third kappa shape index (κ3) is 3.85. The van der Waals surface area contributed by atoms with E-state index in [1.165, 1.54) is 0 Å². The van der Waals surface area contributed by atoms with Crippen LogP contribution in [0.25, 0.3) is 16.5 Å². The molecule has 0 aliphatic rings. The molecule has 1 N–H and O–H groups in total. The van der Waals surface area contributed by atoms with Gasteiger partial charge in [-0.2, -0.15) is 9.78 Å². The van der Waals surface area contributed by atoms with Crippen LogP contribution in [-0.2, 0) is 9.53 Å². The molecule has 3 aromatic rings. The second-order valence-electron chi connectivity index (χ2n) is 5.80. The van der Waals surface area contributed by atoms with Crippen LogP contribution in [0.5, 0.6) is 5.75 Å². The maximum Gasteiger partial charge on any atom is 0.325 e. The number of rotatable bonds is 6. The van der Waals surface area contributed by atoms with E-state index in [0.717, 1.165) is 4.68 Å². The summed E-state index contributed by atoms with van der Waals surface area (Å²) in [6, 6.07) is 13.4. The number of methoxy groups -OCH3 is 1. The van der Waals surface area contributed by atoms with Crippen molar-refractivity contribution < 1.29 is 19.1 Å². The summed E-state index contributed by atoms with van der Waals surface area (Å²) in [4.78, 5) is 37.0. The van der Waals surface area contributed by atoms with E-state index in [9.17, 15) is 14.4 Å². The fourth-order valence-corrected chi connectivity index (χ4v) is 2.70. The lowest BCUT2D eigenvalue weighted by Crippen LogP contribution is -2.33. The lowest BCUT2D eigenvalue weighted by Gasteiger charge is -2.11. The fourth-order valence-electron chi connectivity index (χ4n) is 2.70. The van der Waals surface area contributed by atoms with E-state index in [4.69, 9.17) is 9.47 Å². The first-order valence-electron chi connectivity index (χ1n) is 8.65. The van der Waals surface area contributed by atoms with Gasteiger partial charge in [-0.05, 0) is 37.3 Å². The highest BCUT2D eigenvalue weighted by Gasteiger charge is 2.18. The van der Waals surface area contributed by atoms with Gasteiger partial charge < -0.3 is 14.8 Å². The van der Waals surface area contributed by atoms with E-state index in [0.29, 0.717) is 22.2 Å². The van der Waals surface area contributed by atoms with E-state index >= 15 is 0 Å². The number of amides is 1. The number of ether oxygens (including phenoxy) is 2. The molecule has 1 amide bonds. The highest BCUT2D eigenvalue weighted by Crippen LogP contribution is 2.17. The van der Waals surface area contributed by atoms with Gasteiger partial charge in [0.25, 0.3) is 11.5 Å². The quantitative estimate of drug-likeness (QED) is 0.653. The summed E-state index contributed by atoms with van der Waals surface area (Å²) in [7, 11) is 1.54. The molecule has 3 rings (SSSR count). The highest BCUT2D eigenvalue weighted by molar-refractivity contribution is 6.05. The van der Waals surface area contributed by atoms with Crippen LogP contribution in [0.1, 0.15) is 17.4 Å². The molecule has 1 heterocycles. The van der Waals surface area contributed by atoms with E-state index in [1.807, 2.05) is 0 Å². The van der Waals surface area contributed by atoms with Gasteiger partial charge in [-0.3, -0.25) is 14.4 Å². The predicted molar refractivity (Wildman–Crippen MR) is 103 cm³/mol. The molecule has 0 fully saturated rings. The van der Waals surface area contributed by atoms with Gasteiger partial charge in [-0.1, -0.05) is 18.2 Å². The summed E-state index contributed by atoms with van der Waals surface area (Å²) >= 11 is 0. The largest absolute Gasteiger partial charge is 0.497 e. The molecule has 0 unspecified atom stereocenters. The van der Waals surface area contributed by atoms with E-state index in [-0.39, 0.29) is 24.4 Å². The van der Waals surface area contributed by atoms with Crippen molar-refractivity contribution in [3.05, 3.63) is 64.6 Å². The zero-order valence-electron chi connectivity index (χ0n) is 15.5. The lowest BCUT2D eigenvalue weighted by molar-refractivity contribution is -0.141. The fraction of sp³-hybridized carbons (Fsp3) is 0.200. The summed E-state index contributed by atoms with van der Waals surface area (Å²) in [5, 5.41) is 7.47. The Bertz CT molecular complexity index is 1070. The number of fused-ring (bicyclic) bond motifs is 1. The number of nitrogens with one attached hydrogen (secondary N) is 1. The Labute approximate surface area is 160 Å². The van der Waals surface area contributed by atoms with Crippen molar-refractivity contribution in [3.8, 4) is 11.4 Å². The number of carbonyl (C=O) groups excluding carboxylic acids is 2. The molecule has 0 saturated heterocycles. The van der Waals surface area contributed by atoms with Crippen molar-refractivity contribution in [1.82, 2.24) is 15.1 Å².